The lowest BCUT2D eigenvalue weighted by molar-refractivity contribution is 0.611. The molecule has 8 rings (SSSR count). The SMILES string of the molecule is c1ccc(N(c2ccc(-c3cccc4c3sc3ccccc34)cc2)c2nc3ccc4ccccc4c3o2)cc1. The van der Waals surface area contributed by atoms with Crippen LogP contribution in [0.4, 0.5) is 17.4 Å². The predicted molar refractivity (Wildman–Crippen MR) is 165 cm³/mol. The van der Waals surface area contributed by atoms with Gasteiger partial charge in [-0.3, -0.25) is 4.90 Å². The highest BCUT2D eigenvalue weighted by Gasteiger charge is 2.20. The second kappa shape index (κ2) is 8.83. The van der Waals surface area contributed by atoms with Crippen LogP contribution in [0.2, 0.25) is 0 Å². The van der Waals surface area contributed by atoms with E-state index in [9.17, 15) is 0 Å². The molecule has 0 radical (unpaired) electrons. The van der Waals surface area contributed by atoms with Gasteiger partial charge in [-0.05, 0) is 52.9 Å². The molecule has 0 fully saturated rings. The van der Waals surface area contributed by atoms with Crippen molar-refractivity contribution in [2.24, 2.45) is 0 Å². The summed E-state index contributed by atoms with van der Waals surface area (Å²) in [7, 11) is 0. The normalized spacial score (nSPS) is 11.6. The Morgan fingerprint density at radius 2 is 1.28 bits per heavy atom. The predicted octanol–water partition coefficient (Wildman–Crippen LogP) is 10.5. The summed E-state index contributed by atoms with van der Waals surface area (Å²) in [6.07, 6.45) is 0. The molecule has 0 saturated heterocycles. The second-order valence-electron chi connectivity index (χ2n) is 9.63. The molecule has 0 N–H and O–H groups in total. The van der Waals surface area contributed by atoms with Gasteiger partial charge in [0.15, 0.2) is 5.58 Å². The molecule has 0 aliphatic carbocycles. The van der Waals surface area contributed by atoms with Crippen molar-refractivity contribution in [3.05, 3.63) is 133 Å². The molecule has 4 heteroatoms. The molecule has 2 heterocycles. The smallest absolute Gasteiger partial charge is 0.307 e. The Bertz CT molecular complexity index is 2120. The van der Waals surface area contributed by atoms with Gasteiger partial charge in [0.2, 0.25) is 0 Å². The first kappa shape index (κ1) is 22.1. The molecule has 2 aromatic heterocycles. The van der Waals surface area contributed by atoms with Crippen molar-refractivity contribution in [2.75, 3.05) is 4.90 Å². The minimum Gasteiger partial charge on any atom is -0.422 e. The third kappa shape index (κ3) is 3.61. The van der Waals surface area contributed by atoms with E-state index in [-0.39, 0.29) is 0 Å². The van der Waals surface area contributed by atoms with E-state index in [1.165, 1.54) is 31.3 Å². The van der Waals surface area contributed by atoms with Gasteiger partial charge in [-0.1, -0.05) is 97.1 Å². The van der Waals surface area contributed by atoms with Gasteiger partial charge >= 0.3 is 6.01 Å². The average molecular weight is 519 g/mol. The molecule has 0 unspecified atom stereocenters. The number of benzene rings is 6. The first-order chi connectivity index (χ1) is 19.3. The summed E-state index contributed by atoms with van der Waals surface area (Å²) in [5, 5.41) is 4.82. The zero-order chi connectivity index (χ0) is 25.8. The zero-order valence-corrected chi connectivity index (χ0v) is 21.7. The van der Waals surface area contributed by atoms with E-state index in [4.69, 9.17) is 9.40 Å². The van der Waals surface area contributed by atoms with Crippen molar-refractivity contribution in [3.63, 3.8) is 0 Å². The maximum atomic E-state index is 6.47. The molecule has 0 bridgehead atoms. The number of oxazole rings is 1. The van der Waals surface area contributed by atoms with Crippen LogP contribution in [0.1, 0.15) is 0 Å². The van der Waals surface area contributed by atoms with Gasteiger partial charge in [0.25, 0.3) is 0 Å². The zero-order valence-electron chi connectivity index (χ0n) is 20.9. The summed E-state index contributed by atoms with van der Waals surface area (Å²) in [5.74, 6) is 0. The van der Waals surface area contributed by atoms with E-state index >= 15 is 0 Å². The van der Waals surface area contributed by atoms with Crippen LogP contribution in [0, 0.1) is 0 Å². The maximum Gasteiger partial charge on any atom is 0.307 e. The van der Waals surface area contributed by atoms with Gasteiger partial charge < -0.3 is 4.42 Å². The molecule has 184 valence electrons. The molecule has 0 aliphatic heterocycles. The van der Waals surface area contributed by atoms with Crippen molar-refractivity contribution in [2.45, 2.75) is 0 Å². The number of rotatable bonds is 4. The molecule has 0 atom stereocenters. The number of hydrogen-bond donors (Lipinski definition) is 0. The van der Waals surface area contributed by atoms with Gasteiger partial charge in [-0.2, -0.15) is 4.98 Å². The fourth-order valence-electron chi connectivity index (χ4n) is 5.45. The highest BCUT2D eigenvalue weighted by molar-refractivity contribution is 7.26. The lowest BCUT2D eigenvalue weighted by atomic mass is 10.0. The summed E-state index contributed by atoms with van der Waals surface area (Å²) in [6.45, 7) is 0. The number of hydrogen-bond acceptors (Lipinski definition) is 4. The quantitative estimate of drug-likeness (QED) is 0.232. The fraction of sp³-hybridized carbons (Fsp3) is 0. The molecule has 0 aliphatic rings. The highest BCUT2D eigenvalue weighted by atomic mass is 32.1. The standard InChI is InChI=1S/C35H22N2OS/c1-2-10-25(11-3-1)37(35-36-31-22-19-23-9-4-5-12-27(23)33(31)38-35)26-20-17-24(18-21-26)28-14-8-15-30-29-13-6-7-16-32(29)39-34(28)30/h1-22H. The summed E-state index contributed by atoms with van der Waals surface area (Å²) in [6, 6.07) is 47.1. The fourth-order valence-corrected chi connectivity index (χ4v) is 6.69. The van der Waals surface area contributed by atoms with Crippen LogP contribution in [-0.2, 0) is 0 Å². The van der Waals surface area contributed by atoms with Gasteiger partial charge in [0, 0.05) is 25.6 Å². The highest BCUT2D eigenvalue weighted by Crippen LogP contribution is 2.42. The lowest BCUT2D eigenvalue weighted by Crippen LogP contribution is -2.10. The van der Waals surface area contributed by atoms with Gasteiger partial charge in [0.05, 0.1) is 11.4 Å². The Balaban J connectivity index is 1.26. The van der Waals surface area contributed by atoms with Crippen molar-refractivity contribution in [1.29, 1.82) is 0 Å². The number of nitrogens with zero attached hydrogens (tertiary/aromatic N) is 2. The summed E-state index contributed by atoms with van der Waals surface area (Å²) >= 11 is 1.86. The molecule has 8 aromatic rings. The Kier molecular flexibility index (Phi) is 5.00. The number of aromatic nitrogens is 1. The van der Waals surface area contributed by atoms with E-state index in [1.807, 2.05) is 47.7 Å². The van der Waals surface area contributed by atoms with E-state index in [0.717, 1.165) is 33.2 Å². The Labute approximate surface area is 229 Å². The van der Waals surface area contributed by atoms with Gasteiger partial charge in [-0.25, -0.2) is 0 Å². The number of anilines is 3. The van der Waals surface area contributed by atoms with Crippen LogP contribution in [0.15, 0.2) is 138 Å². The van der Waals surface area contributed by atoms with E-state index < -0.39 is 0 Å². The van der Waals surface area contributed by atoms with Crippen LogP contribution in [0.3, 0.4) is 0 Å². The van der Waals surface area contributed by atoms with Gasteiger partial charge in [-0.15, -0.1) is 11.3 Å². The molecular formula is C35H22N2OS. The maximum absolute atomic E-state index is 6.47. The molecule has 0 spiro atoms. The van der Waals surface area contributed by atoms with Crippen LogP contribution >= 0.6 is 11.3 Å². The van der Waals surface area contributed by atoms with Crippen molar-refractivity contribution < 1.29 is 4.42 Å². The van der Waals surface area contributed by atoms with E-state index in [0.29, 0.717) is 6.01 Å². The first-order valence-corrected chi connectivity index (χ1v) is 13.8. The number of thiophene rings is 1. The first-order valence-electron chi connectivity index (χ1n) is 13.0. The topological polar surface area (TPSA) is 29.3 Å². The molecular weight excluding hydrogens is 496 g/mol. The van der Waals surface area contributed by atoms with E-state index in [2.05, 4.69) is 102 Å². The number of para-hydroxylation sites is 1. The van der Waals surface area contributed by atoms with Crippen molar-refractivity contribution in [3.8, 4) is 11.1 Å². The third-order valence-corrected chi connectivity index (χ3v) is 8.53. The van der Waals surface area contributed by atoms with Crippen LogP contribution in [0.25, 0.3) is 53.2 Å². The molecule has 0 saturated carbocycles. The average Bonchev–Trinajstić information content (AvgIpc) is 3.60. The minimum atomic E-state index is 0.548. The Morgan fingerprint density at radius 1 is 0.564 bits per heavy atom. The van der Waals surface area contributed by atoms with E-state index in [1.54, 1.807) is 0 Å². The number of fused-ring (bicyclic) bond motifs is 6. The lowest BCUT2D eigenvalue weighted by Gasteiger charge is -2.21. The molecule has 3 nitrogen and oxygen atoms in total. The van der Waals surface area contributed by atoms with Crippen molar-refractivity contribution in [1.82, 2.24) is 4.98 Å². The van der Waals surface area contributed by atoms with Gasteiger partial charge in [0.1, 0.15) is 5.52 Å². The largest absolute Gasteiger partial charge is 0.422 e. The third-order valence-electron chi connectivity index (χ3n) is 7.31. The minimum absolute atomic E-state index is 0.548. The molecule has 0 amide bonds. The second-order valence-corrected chi connectivity index (χ2v) is 10.7. The molecule has 6 aromatic carbocycles. The summed E-state index contributed by atoms with van der Waals surface area (Å²) < 4.78 is 9.11. The Hall–Kier alpha value is -4.93. The van der Waals surface area contributed by atoms with Crippen LogP contribution < -0.4 is 4.90 Å². The Morgan fingerprint density at radius 3 is 2.15 bits per heavy atom. The van der Waals surface area contributed by atoms with Crippen LogP contribution in [0.5, 0.6) is 0 Å². The molecule has 39 heavy (non-hydrogen) atoms. The summed E-state index contributed by atoms with van der Waals surface area (Å²) in [5.41, 5.74) is 6.07. The summed E-state index contributed by atoms with van der Waals surface area (Å²) in [4.78, 5) is 7.00. The van der Waals surface area contributed by atoms with Crippen LogP contribution in [-0.4, -0.2) is 4.98 Å². The monoisotopic (exact) mass is 518 g/mol. The van der Waals surface area contributed by atoms with Crippen molar-refractivity contribution >= 4 is 70.8 Å².